The van der Waals surface area contributed by atoms with Crippen molar-refractivity contribution in [3.05, 3.63) is 0 Å². The Hall–Kier alpha value is -0.570. The van der Waals surface area contributed by atoms with Crippen LogP contribution < -0.4 is 5.32 Å². The van der Waals surface area contributed by atoms with Gasteiger partial charge in [-0.25, -0.2) is 0 Å². The number of hydrogen-bond acceptors (Lipinski definition) is 2. The third-order valence-electron chi connectivity index (χ3n) is 1.25. The molecule has 3 heteroatoms. The van der Waals surface area contributed by atoms with Crippen LogP contribution in [-0.2, 0) is 4.79 Å². The summed E-state index contributed by atoms with van der Waals surface area (Å²) in [5, 5.41) is 11.3. The number of carbonyl (C=O) groups is 1. The molecule has 0 aliphatic heterocycles. The minimum Gasteiger partial charge on any atom is -0.481 e. The molecule has 11 heavy (non-hydrogen) atoms. The fourth-order valence-electron chi connectivity index (χ4n) is 0.484. The molecule has 2 N–H and O–H groups in total. The number of rotatable bonds is 4. The fraction of sp³-hybridized carbons (Fsp3) is 0.875. The Labute approximate surface area is 68.8 Å². The molecule has 3 nitrogen and oxygen atoms in total. The molecular formula is C8H19NO2. The van der Waals surface area contributed by atoms with E-state index in [0.29, 0.717) is 6.42 Å². The standard InChI is InChI=1S/C6H13NO2.C2H6/c1-5(6(8)9)3-4-7-2;1-2/h5,7H,3-4H2,1-2H3,(H,8,9);1-2H3. The summed E-state index contributed by atoms with van der Waals surface area (Å²) in [4.78, 5) is 10.2. The van der Waals surface area contributed by atoms with Gasteiger partial charge in [-0.1, -0.05) is 20.8 Å². The lowest BCUT2D eigenvalue weighted by molar-refractivity contribution is -0.141. The van der Waals surface area contributed by atoms with Gasteiger partial charge in [0.1, 0.15) is 0 Å². The van der Waals surface area contributed by atoms with Gasteiger partial charge in [0.2, 0.25) is 0 Å². The van der Waals surface area contributed by atoms with Crippen LogP contribution in [0, 0.1) is 5.92 Å². The van der Waals surface area contributed by atoms with E-state index < -0.39 is 5.97 Å². The quantitative estimate of drug-likeness (QED) is 0.654. The first-order valence-corrected chi connectivity index (χ1v) is 4.06. The van der Waals surface area contributed by atoms with Crippen molar-refractivity contribution in [3.63, 3.8) is 0 Å². The summed E-state index contributed by atoms with van der Waals surface area (Å²) in [6.07, 6.45) is 0.700. The van der Waals surface area contributed by atoms with Crippen molar-refractivity contribution in [2.75, 3.05) is 13.6 Å². The van der Waals surface area contributed by atoms with Crippen LogP contribution in [-0.4, -0.2) is 24.7 Å². The number of aliphatic carboxylic acids is 1. The van der Waals surface area contributed by atoms with E-state index >= 15 is 0 Å². The summed E-state index contributed by atoms with van der Waals surface area (Å²) >= 11 is 0. The molecule has 0 aromatic heterocycles. The van der Waals surface area contributed by atoms with E-state index in [2.05, 4.69) is 5.32 Å². The predicted molar refractivity (Wildman–Crippen MR) is 46.7 cm³/mol. The number of carboxylic acids is 1. The van der Waals surface area contributed by atoms with E-state index in [1.165, 1.54) is 0 Å². The van der Waals surface area contributed by atoms with Gasteiger partial charge in [0.05, 0.1) is 5.92 Å². The molecule has 0 radical (unpaired) electrons. The van der Waals surface area contributed by atoms with Gasteiger partial charge in [-0.3, -0.25) is 4.79 Å². The second kappa shape index (κ2) is 9.43. The summed E-state index contributed by atoms with van der Waals surface area (Å²) in [6.45, 7) is 6.48. The van der Waals surface area contributed by atoms with Crippen molar-refractivity contribution in [3.8, 4) is 0 Å². The van der Waals surface area contributed by atoms with Crippen LogP contribution in [0.5, 0.6) is 0 Å². The lowest BCUT2D eigenvalue weighted by atomic mass is 10.1. The van der Waals surface area contributed by atoms with E-state index in [0.717, 1.165) is 6.54 Å². The van der Waals surface area contributed by atoms with Gasteiger partial charge < -0.3 is 10.4 Å². The SMILES string of the molecule is CC.CNCCC(C)C(=O)O. The highest BCUT2D eigenvalue weighted by Gasteiger charge is 2.08. The molecule has 0 amide bonds. The zero-order valence-corrected chi connectivity index (χ0v) is 7.85. The Bertz CT molecular complexity index is 94.1. The van der Waals surface area contributed by atoms with Crippen molar-refractivity contribution in [2.24, 2.45) is 5.92 Å². The molecule has 0 aliphatic carbocycles. The van der Waals surface area contributed by atoms with Crippen molar-refractivity contribution in [1.82, 2.24) is 5.32 Å². The van der Waals surface area contributed by atoms with E-state index in [1.54, 1.807) is 6.92 Å². The summed E-state index contributed by atoms with van der Waals surface area (Å²) in [5.41, 5.74) is 0. The Morgan fingerprint density at radius 2 is 2.00 bits per heavy atom. The first-order valence-electron chi connectivity index (χ1n) is 4.06. The number of nitrogens with one attached hydrogen (secondary N) is 1. The van der Waals surface area contributed by atoms with E-state index in [4.69, 9.17) is 5.11 Å². The normalized spacial score (nSPS) is 11.3. The maximum Gasteiger partial charge on any atom is 0.306 e. The maximum atomic E-state index is 10.2. The van der Waals surface area contributed by atoms with Crippen molar-refractivity contribution < 1.29 is 9.90 Å². The van der Waals surface area contributed by atoms with Crippen LogP contribution in [0.2, 0.25) is 0 Å². The average Bonchev–Trinajstić information content (AvgIpc) is 2.03. The van der Waals surface area contributed by atoms with Gasteiger partial charge in [-0.15, -0.1) is 0 Å². The fourth-order valence-corrected chi connectivity index (χ4v) is 0.484. The highest BCUT2D eigenvalue weighted by atomic mass is 16.4. The first kappa shape index (κ1) is 13.1. The predicted octanol–water partition coefficient (Wildman–Crippen LogP) is 1.34. The highest BCUT2D eigenvalue weighted by Crippen LogP contribution is 1.98. The van der Waals surface area contributed by atoms with Crippen LogP contribution in [0.1, 0.15) is 27.2 Å². The molecule has 0 spiro atoms. The zero-order chi connectivity index (χ0) is 9.28. The van der Waals surface area contributed by atoms with Gasteiger partial charge in [0.15, 0.2) is 0 Å². The van der Waals surface area contributed by atoms with E-state index in [1.807, 2.05) is 20.9 Å². The van der Waals surface area contributed by atoms with Gasteiger partial charge in [0, 0.05) is 0 Å². The smallest absolute Gasteiger partial charge is 0.306 e. The monoisotopic (exact) mass is 161 g/mol. The van der Waals surface area contributed by atoms with Crippen LogP contribution >= 0.6 is 0 Å². The lowest BCUT2D eigenvalue weighted by Crippen LogP contribution is -2.16. The Balaban J connectivity index is 0. The van der Waals surface area contributed by atoms with Crippen molar-refractivity contribution >= 4 is 5.97 Å². The van der Waals surface area contributed by atoms with Gasteiger partial charge in [0.25, 0.3) is 0 Å². The number of carboxylic acid groups (broad SMARTS) is 1. The Morgan fingerprint density at radius 1 is 1.55 bits per heavy atom. The maximum absolute atomic E-state index is 10.2. The van der Waals surface area contributed by atoms with Crippen molar-refractivity contribution in [1.29, 1.82) is 0 Å². The molecule has 68 valence electrons. The summed E-state index contributed by atoms with van der Waals surface area (Å²) < 4.78 is 0. The average molecular weight is 161 g/mol. The third-order valence-corrected chi connectivity index (χ3v) is 1.25. The minimum atomic E-state index is -0.717. The topological polar surface area (TPSA) is 49.3 Å². The summed E-state index contributed by atoms with van der Waals surface area (Å²) in [6, 6.07) is 0. The molecule has 1 unspecified atom stereocenters. The second-order valence-electron chi connectivity index (χ2n) is 2.13. The minimum absolute atomic E-state index is 0.225. The molecule has 0 aliphatic rings. The van der Waals surface area contributed by atoms with Gasteiger partial charge in [-0.05, 0) is 20.0 Å². The summed E-state index contributed by atoms with van der Waals surface area (Å²) in [7, 11) is 1.81. The van der Waals surface area contributed by atoms with E-state index in [9.17, 15) is 4.79 Å². The molecular weight excluding hydrogens is 142 g/mol. The molecule has 1 atom stereocenters. The molecule has 0 bridgehead atoms. The molecule has 0 fully saturated rings. The van der Waals surface area contributed by atoms with Crippen LogP contribution in [0.3, 0.4) is 0 Å². The zero-order valence-electron chi connectivity index (χ0n) is 7.85. The van der Waals surface area contributed by atoms with Crippen LogP contribution in [0.15, 0.2) is 0 Å². The van der Waals surface area contributed by atoms with Crippen molar-refractivity contribution in [2.45, 2.75) is 27.2 Å². The van der Waals surface area contributed by atoms with Crippen LogP contribution in [0.25, 0.3) is 0 Å². The molecule has 0 aromatic rings. The van der Waals surface area contributed by atoms with E-state index in [-0.39, 0.29) is 5.92 Å². The van der Waals surface area contributed by atoms with Crippen LogP contribution in [0.4, 0.5) is 0 Å². The van der Waals surface area contributed by atoms with Gasteiger partial charge in [-0.2, -0.15) is 0 Å². The molecule has 0 aromatic carbocycles. The summed E-state index contributed by atoms with van der Waals surface area (Å²) in [5.74, 6) is -0.942. The molecule has 0 saturated heterocycles. The third kappa shape index (κ3) is 9.43. The Morgan fingerprint density at radius 3 is 2.27 bits per heavy atom. The number of hydrogen-bond donors (Lipinski definition) is 2. The van der Waals surface area contributed by atoms with Gasteiger partial charge >= 0.3 is 5.97 Å². The molecule has 0 rings (SSSR count). The lowest BCUT2D eigenvalue weighted by Gasteiger charge is -2.02. The second-order valence-corrected chi connectivity index (χ2v) is 2.13. The molecule has 0 heterocycles. The first-order chi connectivity index (χ1) is 5.18. The largest absolute Gasteiger partial charge is 0.481 e. The highest BCUT2D eigenvalue weighted by molar-refractivity contribution is 5.69. The Kier molecular flexibility index (Phi) is 11.2. The molecule has 0 saturated carbocycles.